The zero-order valence-corrected chi connectivity index (χ0v) is 11.0. The molecule has 0 aliphatic heterocycles. The van der Waals surface area contributed by atoms with Gasteiger partial charge in [0.25, 0.3) is 0 Å². The van der Waals surface area contributed by atoms with Gasteiger partial charge >= 0.3 is 6.36 Å². The molecule has 0 heterocycles. The average Bonchev–Trinajstić information content (AvgIpc) is 2.37. The lowest BCUT2D eigenvalue weighted by atomic mass is 9.87. The summed E-state index contributed by atoms with van der Waals surface area (Å²) >= 11 is 0. The van der Waals surface area contributed by atoms with Crippen molar-refractivity contribution in [3.8, 4) is 5.75 Å². The standard InChI is InChI=1S/C15H15F3O2/c1-10-5-7-11(8-6-10)14(19)12-3-2-4-13(9-12)20-15(16,17)18/h2-4,7,9-10H,5-6,8H2,1H3. The molecule has 0 radical (unpaired) electrons. The van der Waals surface area contributed by atoms with Crippen LogP contribution in [0.15, 0.2) is 35.9 Å². The SMILES string of the molecule is CC1CC=C(C(=O)c2cccc(OC(F)(F)F)c2)CC1. The van der Waals surface area contributed by atoms with Crippen LogP contribution < -0.4 is 4.74 Å². The van der Waals surface area contributed by atoms with Gasteiger partial charge in [0.2, 0.25) is 0 Å². The van der Waals surface area contributed by atoms with Crippen molar-refractivity contribution in [1.29, 1.82) is 0 Å². The van der Waals surface area contributed by atoms with Gasteiger partial charge in [0.15, 0.2) is 5.78 Å². The largest absolute Gasteiger partial charge is 0.573 e. The maximum atomic E-state index is 12.2. The minimum Gasteiger partial charge on any atom is -0.406 e. The van der Waals surface area contributed by atoms with E-state index in [2.05, 4.69) is 11.7 Å². The van der Waals surface area contributed by atoms with Crippen LogP contribution in [0, 0.1) is 5.92 Å². The number of rotatable bonds is 3. The molecular weight excluding hydrogens is 269 g/mol. The summed E-state index contributed by atoms with van der Waals surface area (Å²) in [5, 5.41) is 0. The van der Waals surface area contributed by atoms with Crippen LogP contribution in [-0.2, 0) is 0 Å². The summed E-state index contributed by atoms with van der Waals surface area (Å²) in [6.45, 7) is 2.11. The van der Waals surface area contributed by atoms with Crippen LogP contribution in [0.4, 0.5) is 13.2 Å². The molecule has 0 aromatic heterocycles. The summed E-state index contributed by atoms with van der Waals surface area (Å²) in [5.74, 6) is -0.0379. The molecule has 20 heavy (non-hydrogen) atoms. The first-order valence-corrected chi connectivity index (χ1v) is 6.45. The highest BCUT2D eigenvalue weighted by Crippen LogP contribution is 2.28. The van der Waals surface area contributed by atoms with Crippen LogP contribution in [0.3, 0.4) is 0 Å². The number of halogens is 3. The first kappa shape index (κ1) is 14.6. The highest BCUT2D eigenvalue weighted by atomic mass is 19.4. The lowest BCUT2D eigenvalue weighted by Crippen LogP contribution is -2.17. The van der Waals surface area contributed by atoms with E-state index in [1.165, 1.54) is 18.2 Å². The van der Waals surface area contributed by atoms with E-state index >= 15 is 0 Å². The molecule has 2 rings (SSSR count). The maximum Gasteiger partial charge on any atom is 0.573 e. The molecule has 1 aliphatic rings. The van der Waals surface area contributed by atoms with Crippen LogP contribution >= 0.6 is 0 Å². The van der Waals surface area contributed by atoms with Gasteiger partial charge in [-0.3, -0.25) is 4.79 Å². The van der Waals surface area contributed by atoms with E-state index in [1.54, 1.807) is 0 Å². The number of ether oxygens (including phenoxy) is 1. The summed E-state index contributed by atoms with van der Waals surface area (Å²) < 4.78 is 40.3. The fraction of sp³-hybridized carbons (Fsp3) is 0.400. The van der Waals surface area contributed by atoms with Crippen molar-refractivity contribution in [2.24, 2.45) is 5.92 Å². The Balaban J connectivity index is 2.16. The van der Waals surface area contributed by atoms with Crippen molar-refractivity contribution < 1.29 is 22.7 Å². The van der Waals surface area contributed by atoms with E-state index in [9.17, 15) is 18.0 Å². The molecule has 0 saturated heterocycles. The number of allylic oxidation sites excluding steroid dienone is 2. The van der Waals surface area contributed by atoms with E-state index in [-0.39, 0.29) is 17.1 Å². The first-order valence-electron chi connectivity index (χ1n) is 6.45. The smallest absolute Gasteiger partial charge is 0.406 e. The van der Waals surface area contributed by atoms with Crippen LogP contribution in [0.2, 0.25) is 0 Å². The van der Waals surface area contributed by atoms with Gasteiger partial charge in [0, 0.05) is 5.56 Å². The van der Waals surface area contributed by atoms with Gasteiger partial charge in [-0.2, -0.15) is 0 Å². The molecule has 0 spiro atoms. The number of Topliss-reactive ketones (excluding diaryl/α,β-unsaturated/α-hetero) is 1. The fourth-order valence-electron chi connectivity index (χ4n) is 2.19. The lowest BCUT2D eigenvalue weighted by Gasteiger charge is -2.17. The summed E-state index contributed by atoms with van der Waals surface area (Å²) in [5.41, 5.74) is 0.903. The van der Waals surface area contributed by atoms with Crippen molar-refractivity contribution in [1.82, 2.24) is 0 Å². The molecule has 0 amide bonds. The minimum atomic E-state index is -4.75. The monoisotopic (exact) mass is 284 g/mol. The Hall–Kier alpha value is -1.78. The van der Waals surface area contributed by atoms with Gasteiger partial charge in [0.1, 0.15) is 5.75 Å². The summed E-state index contributed by atoms with van der Waals surface area (Å²) in [4.78, 5) is 12.2. The third-order valence-electron chi connectivity index (χ3n) is 3.29. The summed E-state index contributed by atoms with van der Waals surface area (Å²) in [7, 11) is 0. The van der Waals surface area contributed by atoms with Crippen LogP contribution in [0.1, 0.15) is 36.5 Å². The van der Waals surface area contributed by atoms with Gasteiger partial charge in [-0.15, -0.1) is 13.2 Å². The number of ketones is 1. The Bertz CT molecular complexity index is 532. The average molecular weight is 284 g/mol. The van der Waals surface area contributed by atoms with Crippen LogP contribution in [0.25, 0.3) is 0 Å². The number of carbonyl (C=O) groups excluding carboxylic acids is 1. The molecule has 1 aromatic carbocycles. The summed E-state index contributed by atoms with van der Waals surface area (Å²) in [6.07, 6.45) is -0.435. The van der Waals surface area contributed by atoms with E-state index in [0.717, 1.165) is 18.9 Å². The minimum absolute atomic E-state index is 0.218. The third-order valence-corrected chi connectivity index (χ3v) is 3.29. The fourth-order valence-corrected chi connectivity index (χ4v) is 2.19. The van der Waals surface area contributed by atoms with Gasteiger partial charge in [-0.1, -0.05) is 25.1 Å². The van der Waals surface area contributed by atoms with Crippen LogP contribution in [0.5, 0.6) is 5.75 Å². The van der Waals surface area contributed by atoms with E-state index in [0.29, 0.717) is 17.9 Å². The molecule has 0 fully saturated rings. The number of alkyl halides is 3. The van der Waals surface area contributed by atoms with E-state index < -0.39 is 6.36 Å². The van der Waals surface area contributed by atoms with Gasteiger partial charge < -0.3 is 4.74 Å². The molecule has 5 heteroatoms. The highest BCUT2D eigenvalue weighted by molar-refractivity contribution is 6.08. The Labute approximate surface area is 115 Å². The molecule has 2 nitrogen and oxygen atoms in total. The van der Waals surface area contributed by atoms with E-state index in [4.69, 9.17) is 0 Å². The summed E-state index contributed by atoms with van der Waals surface area (Å²) in [6, 6.07) is 5.21. The Kier molecular flexibility index (Phi) is 4.16. The number of hydrogen-bond acceptors (Lipinski definition) is 2. The Morgan fingerprint density at radius 3 is 2.70 bits per heavy atom. The molecule has 1 aliphatic carbocycles. The zero-order valence-electron chi connectivity index (χ0n) is 11.0. The van der Waals surface area contributed by atoms with Crippen LogP contribution in [-0.4, -0.2) is 12.1 Å². The normalized spacial score (nSPS) is 19.4. The predicted molar refractivity (Wildman–Crippen MR) is 68.6 cm³/mol. The molecule has 1 atom stereocenters. The van der Waals surface area contributed by atoms with Crippen molar-refractivity contribution >= 4 is 5.78 Å². The maximum absolute atomic E-state index is 12.2. The third kappa shape index (κ3) is 3.85. The number of benzene rings is 1. The molecule has 1 unspecified atom stereocenters. The highest BCUT2D eigenvalue weighted by Gasteiger charge is 2.31. The van der Waals surface area contributed by atoms with Gasteiger partial charge in [0.05, 0.1) is 0 Å². The second-order valence-corrected chi connectivity index (χ2v) is 5.01. The molecule has 0 bridgehead atoms. The Morgan fingerprint density at radius 2 is 2.10 bits per heavy atom. The topological polar surface area (TPSA) is 26.3 Å². The lowest BCUT2D eigenvalue weighted by molar-refractivity contribution is -0.274. The zero-order chi connectivity index (χ0) is 14.8. The quantitative estimate of drug-likeness (QED) is 0.763. The molecule has 0 saturated carbocycles. The second kappa shape index (κ2) is 5.69. The van der Waals surface area contributed by atoms with Crippen molar-refractivity contribution in [3.63, 3.8) is 0 Å². The second-order valence-electron chi connectivity index (χ2n) is 5.01. The predicted octanol–water partition coefficient (Wildman–Crippen LogP) is 4.51. The van der Waals surface area contributed by atoms with Crippen molar-refractivity contribution in [2.45, 2.75) is 32.5 Å². The van der Waals surface area contributed by atoms with Gasteiger partial charge in [-0.25, -0.2) is 0 Å². The van der Waals surface area contributed by atoms with E-state index in [1.807, 2.05) is 6.08 Å². The number of carbonyl (C=O) groups is 1. The molecule has 0 N–H and O–H groups in total. The van der Waals surface area contributed by atoms with Gasteiger partial charge in [-0.05, 0) is 42.9 Å². The molecule has 108 valence electrons. The molecular formula is C15H15F3O2. The Morgan fingerprint density at radius 1 is 1.35 bits per heavy atom. The van der Waals surface area contributed by atoms with Crippen molar-refractivity contribution in [2.75, 3.05) is 0 Å². The number of hydrogen-bond donors (Lipinski definition) is 0. The van der Waals surface area contributed by atoms with Crippen molar-refractivity contribution in [3.05, 3.63) is 41.5 Å². The molecule has 1 aromatic rings. The first-order chi connectivity index (χ1) is 9.35.